The summed E-state index contributed by atoms with van der Waals surface area (Å²) in [7, 11) is 1.77. The van der Waals surface area contributed by atoms with Gasteiger partial charge in [-0.1, -0.05) is 6.92 Å². The lowest BCUT2D eigenvalue weighted by Crippen LogP contribution is -2.47. The quantitative estimate of drug-likeness (QED) is 0.734. The van der Waals surface area contributed by atoms with Crippen LogP contribution in [0.5, 0.6) is 0 Å². The van der Waals surface area contributed by atoms with Crippen molar-refractivity contribution in [3.8, 4) is 0 Å². The van der Waals surface area contributed by atoms with Crippen LogP contribution in [0.3, 0.4) is 0 Å². The molecule has 1 aliphatic rings. The van der Waals surface area contributed by atoms with Crippen LogP contribution in [0, 0.1) is 5.92 Å². The maximum absolute atomic E-state index is 5.13. The first kappa shape index (κ1) is 12.0. The predicted molar refractivity (Wildman–Crippen MR) is 59.6 cm³/mol. The minimum atomic E-state index is 0.235. The van der Waals surface area contributed by atoms with Gasteiger partial charge in [-0.15, -0.1) is 0 Å². The summed E-state index contributed by atoms with van der Waals surface area (Å²) in [6, 6.07) is 0. The highest BCUT2D eigenvalue weighted by molar-refractivity contribution is 4.86. The number of hydrogen-bond acceptors (Lipinski definition) is 3. The van der Waals surface area contributed by atoms with Gasteiger partial charge in [0.1, 0.15) is 0 Å². The van der Waals surface area contributed by atoms with Gasteiger partial charge in [0, 0.05) is 32.3 Å². The molecular formula is C11H24N2O. The van der Waals surface area contributed by atoms with E-state index in [4.69, 9.17) is 4.74 Å². The second-order valence-corrected chi connectivity index (χ2v) is 5.10. The van der Waals surface area contributed by atoms with E-state index < -0.39 is 0 Å². The number of ether oxygens (including phenoxy) is 1. The third kappa shape index (κ3) is 3.95. The largest absolute Gasteiger partial charge is 0.383 e. The molecule has 1 aliphatic heterocycles. The van der Waals surface area contributed by atoms with Gasteiger partial charge in [0.15, 0.2) is 0 Å². The highest BCUT2D eigenvalue weighted by atomic mass is 16.5. The second kappa shape index (κ2) is 5.10. The molecule has 0 radical (unpaired) electrons. The van der Waals surface area contributed by atoms with Crippen LogP contribution in [-0.2, 0) is 4.74 Å². The maximum atomic E-state index is 5.13. The van der Waals surface area contributed by atoms with Gasteiger partial charge in [0.2, 0.25) is 0 Å². The molecule has 1 saturated heterocycles. The minimum absolute atomic E-state index is 0.235. The van der Waals surface area contributed by atoms with Crippen LogP contribution in [0.4, 0.5) is 0 Å². The van der Waals surface area contributed by atoms with Crippen molar-refractivity contribution >= 4 is 0 Å². The van der Waals surface area contributed by atoms with Crippen LogP contribution in [0.2, 0.25) is 0 Å². The first-order valence-electron chi connectivity index (χ1n) is 5.50. The first-order chi connectivity index (χ1) is 6.53. The van der Waals surface area contributed by atoms with Crippen molar-refractivity contribution in [2.45, 2.75) is 26.3 Å². The number of methoxy groups -OCH3 is 1. The van der Waals surface area contributed by atoms with Crippen molar-refractivity contribution in [2.75, 3.05) is 39.9 Å². The Kier molecular flexibility index (Phi) is 4.35. The molecule has 3 heteroatoms. The van der Waals surface area contributed by atoms with E-state index in [0.29, 0.717) is 0 Å². The van der Waals surface area contributed by atoms with Crippen molar-refractivity contribution in [1.82, 2.24) is 10.2 Å². The predicted octanol–water partition coefficient (Wildman–Crippen LogP) is 0.953. The smallest absolute Gasteiger partial charge is 0.0589 e. The fourth-order valence-corrected chi connectivity index (χ4v) is 2.03. The molecule has 0 bridgehead atoms. The Morgan fingerprint density at radius 2 is 2.21 bits per heavy atom. The van der Waals surface area contributed by atoms with Gasteiger partial charge in [-0.25, -0.2) is 0 Å². The molecule has 1 rings (SSSR count). The van der Waals surface area contributed by atoms with Crippen molar-refractivity contribution in [1.29, 1.82) is 0 Å². The molecule has 1 atom stereocenters. The Morgan fingerprint density at radius 1 is 1.50 bits per heavy atom. The van der Waals surface area contributed by atoms with Gasteiger partial charge in [0.25, 0.3) is 0 Å². The molecule has 1 N–H and O–H groups in total. The summed E-state index contributed by atoms with van der Waals surface area (Å²) in [5.41, 5.74) is 0.235. The van der Waals surface area contributed by atoms with Gasteiger partial charge in [0.05, 0.1) is 6.61 Å². The molecule has 0 aromatic carbocycles. The van der Waals surface area contributed by atoms with E-state index in [1.54, 1.807) is 7.11 Å². The zero-order valence-electron chi connectivity index (χ0n) is 9.97. The van der Waals surface area contributed by atoms with Crippen LogP contribution < -0.4 is 5.32 Å². The molecule has 3 nitrogen and oxygen atoms in total. The zero-order valence-corrected chi connectivity index (χ0v) is 9.97. The Labute approximate surface area is 87.8 Å². The van der Waals surface area contributed by atoms with Gasteiger partial charge in [-0.3, -0.25) is 4.90 Å². The molecule has 1 heterocycles. The molecule has 84 valence electrons. The lowest BCUT2D eigenvalue weighted by Gasteiger charge is -2.29. The molecule has 0 amide bonds. The van der Waals surface area contributed by atoms with Gasteiger partial charge in [-0.2, -0.15) is 0 Å². The molecular weight excluding hydrogens is 176 g/mol. The molecule has 0 aromatic rings. The topological polar surface area (TPSA) is 24.5 Å². The van der Waals surface area contributed by atoms with Crippen molar-refractivity contribution in [3.63, 3.8) is 0 Å². The molecule has 14 heavy (non-hydrogen) atoms. The number of nitrogens with one attached hydrogen (secondary N) is 1. The Bertz CT molecular complexity index is 171. The molecule has 0 aliphatic carbocycles. The van der Waals surface area contributed by atoms with E-state index in [1.807, 2.05) is 0 Å². The highest BCUT2D eigenvalue weighted by Crippen LogP contribution is 2.13. The van der Waals surface area contributed by atoms with Crippen LogP contribution in [0.25, 0.3) is 0 Å². The summed E-state index contributed by atoms with van der Waals surface area (Å²) >= 11 is 0. The number of nitrogens with zero attached hydrogens (tertiary/aromatic N) is 1. The van der Waals surface area contributed by atoms with Crippen molar-refractivity contribution < 1.29 is 4.74 Å². The van der Waals surface area contributed by atoms with Gasteiger partial charge < -0.3 is 10.1 Å². The van der Waals surface area contributed by atoms with E-state index in [9.17, 15) is 0 Å². The molecule has 0 aromatic heterocycles. The lowest BCUT2D eigenvalue weighted by atomic mass is 10.1. The standard InChI is InChI=1S/C11H24N2O/c1-10-7-12-11(2,3)9-13(8-10)5-6-14-4/h10,12H,5-9H2,1-4H3. The van der Waals surface area contributed by atoms with Crippen LogP contribution in [-0.4, -0.2) is 50.3 Å². The van der Waals surface area contributed by atoms with Crippen molar-refractivity contribution in [2.24, 2.45) is 5.92 Å². The van der Waals surface area contributed by atoms with E-state index in [1.165, 1.54) is 6.54 Å². The fourth-order valence-electron chi connectivity index (χ4n) is 2.03. The SMILES string of the molecule is COCCN1CC(C)CNC(C)(C)C1. The fraction of sp³-hybridized carbons (Fsp3) is 1.00. The summed E-state index contributed by atoms with van der Waals surface area (Å²) in [4.78, 5) is 2.49. The monoisotopic (exact) mass is 200 g/mol. The Morgan fingerprint density at radius 3 is 2.86 bits per heavy atom. The zero-order chi connectivity index (χ0) is 10.6. The van der Waals surface area contributed by atoms with E-state index in [-0.39, 0.29) is 5.54 Å². The number of rotatable bonds is 3. The van der Waals surface area contributed by atoms with Crippen molar-refractivity contribution in [3.05, 3.63) is 0 Å². The Balaban J connectivity index is 2.46. The maximum Gasteiger partial charge on any atom is 0.0589 e. The normalized spacial score (nSPS) is 28.7. The summed E-state index contributed by atoms with van der Waals surface area (Å²) < 4.78 is 5.13. The van der Waals surface area contributed by atoms with Gasteiger partial charge in [-0.05, 0) is 26.3 Å². The van der Waals surface area contributed by atoms with Crippen LogP contribution >= 0.6 is 0 Å². The Hall–Kier alpha value is -0.120. The number of hydrogen-bond donors (Lipinski definition) is 1. The average Bonchev–Trinajstić information content (AvgIpc) is 2.22. The third-order valence-electron chi connectivity index (χ3n) is 2.73. The third-order valence-corrected chi connectivity index (χ3v) is 2.73. The van der Waals surface area contributed by atoms with Crippen LogP contribution in [0.1, 0.15) is 20.8 Å². The molecule has 0 saturated carbocycles. The van der Waals surface area contributed by atoms with E-state index in [0.717, 1.165) is 32.2 Å². The van der Waals surface area contributed by atoms with E-state index in [2.05, 4.69) is 31.0 Å². The first-order valence-corrected chi connectivity index (χ1v) is 5.50. The minimum Gasteiger partial charge on any atom is -0.383 e. The average molecular weight is 200 g/mol. The second-order valence-electron chi connectivity index (χ2n) is 5.10. The molecule has 1 unspecified atom stereocenters. The van der Waals surface area contributed by atoms with Crippen LogP contribution in [0.15, 0.2) is 0 Å². The summed E-state index contributed by atoms with van der Waals surface area (Å²) in [5, 5.41) is 3.59. The highest BCUT2D eigenvalue weighted by Gasteiger charge is 2.26. The molecule has 1 fully saturated rings. The summed E-state index contributed by atoms with van der Waals surface area (Å²) in [6.45, 7) is 12.1. The lowest BCUT2D eigenvalue weighted by molar-refractivity contribution is 0.133. The summed E-state index contributed by atoms with van der Waals surface area (Å²) in [5.74, 6) is 0.730. The molecule has 0 spiro atoms. The summed E-state index contributed by atoms with van der Waals surface area (Å²) in [6.07, 6.45) is 0. The van der Waals surface area contributed by atoms with Gasteiger partial charge >= 0.3 is 0 Å². The van der Waals surface area contributed by atoms with E-state index >= 15 is 0 Å².